The summed E-state index contributed by atoms with van der Waals surface area (Å²) in [6.45, 7) is 0. The molecule has 0 spiro atoms. The number of nitrogens with one attached hydrogen (secondary N) is 4. The summed E-state index contributed by atoms with van der Waals surface area (Å²) in [5, 5.41) is 18.1. The van der Waals surface area contributed by atoms with E-state index in [0.717, 1.165) is 36.7 Å². The number of carbonyl (C=O) groups is 1. The molecule has 0 aliphatic heterocycles. The smallest absolute Gasteiger partial charge is 0.273 e. The van der Waals surface area contributed by atoms with Gasteiger partial charge in [-0.25, -0.2) is 19.3 Å². The summed E-state index contributed by atoms with van der Waals surface area (Å²) in [5.74, 6) is 0.529. The van der Waals surface area contributed by atoms with Gasteiger partial charge in [0.25, 0.3) is 5.91 Å². The summed E-state index contributed by atoms with van der Waals surface area (Å²) in [7, 11) is 1.93. The van der Waals surface area contributed by atoms with Gasteiger partial charge in [-0.15, -0.1) is 5.10 Å². The molecule has 2 unspecified atom stereocenters. The minimum Gasteiger partial charge on any atom is -0.367 e. The maximum Gasteiger partial charge on any atom is 0.273 e. The van der Waals surface area contributed by atoms with Crippen molar-refractivity contribution in [1.82, 2.24) is 45.2 Å². The number of H-pyrrole nitrogens is 2. The lowest BCUT2D eigenvalue weighted by molar-refractivity contribution is 0.0921. The van der Waals surface area contributed by atoms with Gasteiger partial charge >= 0.3 is 0 Å². The van der Waals surface area contributed by atoms with Crippen molar-refractivity contribution < 1.29 is 9.18 Å². The Kier molecular flexibility index (Phi) is 5.12. The van der Waals surface area contributed by atoms with Crippen LogP contribution in [0.1, 0.15) is 36.2 Å². The zero-order valence-electron chi connectivity index (χ0n) is 18.9. The summed E-state index contributed by atoms with van der Waals surface area (Å²) in [6.07, 6.45) is 9.90. The van der Waals surface area contributed by atoms with E-state index in [4.69, 9.17) is 9.97 Å². The van der Waals surface area contributed by atoms with E-state index in [-0.39, 0.29) is 23.7 Å². The fourth-order valence-electron chi connectivity index (χ4n) is 4.75. The summed E-state index contributed by atoms with van der Waals surface area (Å²) < 4.78 is 15.8. The molecule has 0 bridgehead atoms. The van der Waals surface area contributed by atoms with E-state index in [1.54, 1.807) is 6.20 Å². The number of aromatic amines is 2. The van der Waals surface area contributed by atoms with Crippen molar-refractivity contribution in [3.8, 4) is 11.4 Å². The van der Waals surface area contributed by atoms with Crippen LogP contribution in [0.3, 0.4) is 0 Å². The number of carbonyl (C=O) groups excluding carboxylic acids is 1. The molecule has 1 aliphatic rings. The number of rotatable bonds is 5. The lowest BCUT2D eigenvalue weighted by atomic mass is 9.90. The Hall–Kier alpha value is -4.35. The molecule has 35 heavy (non-hydrogen) atoms. The number of hydrogen-bond acceptors (Lipinski definition) is 7. The molecular formula is C23H23FN10O. The maximum absolute atomic E-state index is 13.9. The minimum atomic E-state index is -0.419. The average Bonchev–Trinajstić information content (AvgIpc) is 3.60. The Morgan fingerprint density at radius 3 is 2.94 bits per heavy atom. The van der Waals surface area contributed by atoms with Crippen LogP contribution < -0.4 is 10.6 Å². The number of pyridine rings is 1. The molecule has 178 valence electrons. The summed E-state index contributed by atoms with van der Waals surface area (Å²) >= 11 is 0. The van der Waals surface area contributed by atoms with Crippen molar-refractivity contribution >= 4 is 33.8 Å². The van der Waals surface area contributed by atoms with Crippen LogP contribution in [0, 0.1) is 5.82 Å². The number of anilines is 1. The van der Waals surface area contributed by atoms with Gasteiger partial charge in [0, 0.05) is 42.5 Å². The van der Waals surface area contributed by atoms with Crippen molar-refractivity contribution in [2.24, 2.45) is 7.05 Å². The number of aromatic nitrogens is 8. The Balaban J connectivity index is 1.30. The van der Waals surface area contributed by atoms with Gasteiger partial charge in [0.1, 0.15) is 22.9 Å². The van der Waals surface area contributed by atoms with E-state index in [0.29, 0.717) is 28.2 Å². The van der Waals surface area contributed by atoms with Gasteiger partial charge in [-0.05, 0) is 37.8 Å². The second-order valence-corrected chi connectivity index (χ2v) is 8.85. The van der Waals surface area contributed by atoms with E-state index in [9.17, 15) is 9.18 Å². The fraction of sp³-hybridized carbons (Fsp3) is 0.304. The lowest BCUT2D eigenvalue weighted by Gasteiger charge is -2.30. The van der Waals surface area contributed by atoms with Gasteiger partial charge in [0.05, 0.1) is 17.8 Å². The van der Waals surface area contributed by atoms with Crippen molar-refractivity contribution in [3.05, 3.63) is 48.4 Å². The predicted molar refractivity (Wildman–Crippen MR) is 127 cm³/mol. The predicted octanol–water partition coefficient (Wildman–Crippen LogP) is 2.92. The first-order valence-corrected chi connectivity index (χ1v) is 11.4. The molecule has 4 N–H and O–H groups in total. The standard InChI is InChI=1S/C23H23FN10O/c1-34-6-5-15-20(28-13-3-2-4-14(8-13)29-23(35)18-11-27-33-32-18)30-21(31-22(15)34)17-10-26-19-16(17)7-12(24)9-25-19/h5-7,9-11,13-14H,2-4,8H2,1H3,(H,25,26)(H,29,35)(H,27,32,33)(H,28,30,31). The molecule has 1 saturated carbocycles. The highest BCUT2D eigenvalue weighted by Gasteiger charge is 2.26. The van der Waals surface area contributed by atoms with Gasteiger partial charge < -0.3 is 20.2 Å². The highest BCUT2D eigenvalue weighted by atomic mass is 19.1. The van der Waals surface area contributed by atoms with Crippen molar-refractivity contribution in [1.29, 1.82) is 0 Å². The molecule has 0 aromatic carbocycles. The molecule has 1 fully saturated rings. The fourth-order valence-corrected chi connectivity index (χ4v) is 4.75. The number of halogens is 1. The van der Waals surface area contributed by atoms with E-state index < -0.39 is 5.82 Å². The third kappa shape index (κ3) is 3.96. The quantitative estimate of drug-likeness (QED) is 0.307. The van der Waals surface area contributed by atoms with Crippen LogP contribution >= 0.6 is 0 Å². The number of amides is 1. The first-order valence-electron chi connectivity index (χ1n) is 11.4. The summed E-state index contributed by atoms with van der Waals surface area (Å²) in [6, 6.07) is 3.54. The van der Waals surface area contributed by atoms with Crippen LogP contribution in [0.2, 0.25) is 0 Å². The lowest BCUT2D eigenvalue weighted by Crippen LogP contribution is -2.42. The Labute approximate surface area is 198 Å². The molecule has 2 atom stereocenters. The third-order valence-electron chi connectivity index (χ3n) is 6.46. The minimum absolute atomic E-state index is 0.0145. The topological polar surface area (TPSA) is 142 Å². The Morgan fingerprint density at radius 1 is 1.20 bits per heavy atom. The highest BCUT2D eigenvalue weighted by molar-refractivity contribution is 5.95. The first kappa shape index (κ1) is 21.2. The molecule has 11 nitrogen and oxygen atoms in total. The van der Waals surface area contributed by atoms with E-state index in [1.807, 2.05) is 23.9 Å². The van der Waals surface area contributed by atoms with Crippen molar-refractivity contribution in [2.45, 2.75) is 37.8 Å². The van der Waals surface area contributed by atoms with Crippen LogP contribution in [0.15, 0.2) is 36.9 Å². The van der Waals surface area contributed by atoms with Crippen LogP contribution in [0.4, 0.5) is 10.2 Å². The molecule has 5 heterocycles. The molecule has 12 heteroatoms. The maximum atomic E-state index is 13.9. The van der Waals surface area contributed by atoms with E-state index >= 15 is 0 Å². The van der Waals surface area contributed by atoms with E-state index in [1.165, 1.54) is 18.5 Å². The molecule has 6 rings (SSSR count). The normalized spacial score (nSPS) is 18.2. The number of fused-ring (bicyclic) bond motifs is 2. The van der Waals surface area contributed by atoms with Crippen molar-refractivity contribution in [2.75, 3.05) is 5.32 Å². The number of hydrogen-bond donors (Lipinski definition) is 4. The van der Waals surface area contributed by atoms with Crippen LogP contribution in [-0.2, 0) is 7.05 Å². The summed E-state index contributed by atoms with van der Waals surface area (Å²) in [4.78, 5) is 29.2. The second-order valence-electron chi connectivity index (χ2n) is 8.85. The molecule has 5 aromatic rings. The molecule has 1 amide bonds. The molecule has 0 saturated heterocycles. The second kappa shape index (κ2) is 8.46. The number of aryl methyl sites for hydroxylation is 1. The van der Waals surface area contributed by atoms with Gasteiger partial charge in [-0.3, -0.25) is 9.89 Å². The van der Waals surface area contributed by atoms with E-state index in [2.05, 4.69) is 36.0 Å². The molecule has 5 aromatic heterocycles. The zero-order valence-corrected chi connectivity index (χ0v) is 18.9. The molecular weight excluding hydrogens is 451 g/mol. The van der Waals surface area contributed by atoms with Gasteiger partial charge in [0.15, 0.2) is 11.5 Å². The van der Waals surface area contributed by atoms with Crippen LogP contribution in [0.25, 0.3) is 33.5 Å². The monoisotopic (exact) mass is 474 g/mol. The SMILES string of the molecule is Cn1ccc2c(NC3CCCC(NC(=O)c4c[nH]nn4)C3)nc(-c3c[nH]c4ncc(F)cc34)nc21. The Morgan fingerprint density at radius 2 is 2.09 bits per heavy atom. The van der Waals surface area contributed by atoms with Crippen LogP contribution in [0.5, 0.6) is 0 Å². The number of nitrogens with zero attached hydrogens (tertiary/aromatic N) is 6. The third-order valence-corrected chi connectivity index (χ3v) is 6.46. The highest BCUT2D eigenvalue weighted by Crippen LogP contribution is 2.31. The van der Waals surface area contributed by atoms with Gasteiger partial charge in [-0.1, -0.05) is 5.21 Å². The summed E-state index contributed by atoms with van der Waals surface area (Å²) in [5.41, 5.74) is 2.29. The van der Waals surface area contributed by atoms with Gasteiger partial charge in [-0.2, -0.15) is 0 Å². The van der Waals surface area contributed by atoms with Gasteiger partial charge in [0.2, 0.25) is 0 Å². The van der Waals surface area contributed by atoms with Crippen molar-refractivity contribution in [3.63, 3.8) is 0 Å². The first-order chi connectivity index (χ1) is 17.0. The largest absolute Gasteiger partial charge is 0.367 e. The Bertz CT molecular complexity index is 1520. The molecule has 1 aliphatic carbocycles. The zero-order chi connectivity index (χ0) is 23.9. The van der Waals surface area contributed by atoms with Crippen LogP contribution in [-0.4, -0.2) is 57.9 Å². The average molecular weight is 475 g/mol. The molecule has 0 radical (unpaired) electrons.